The van der Waals surface area contributed by atoms with E-state index in [1.165, 1.54) is 30.5 Å². The molecule has 0 amide bonds. The van der Waals surface area contributed by atoms with Gasteiger partial charge in [0.2, 0.25) is 0 Å². The zero-order valence-corrected chi connectivity index (χ0v) is 8.71. The van der Waals surface area contributed by atoms with Gasteiger partial charge < -0.3 is 4.90 Å². The predicted octanol–water partition coefficient (Wildman–Crippen LogP) is 2.77. The number of allylic oxidation sites excluding steroid dienone is 3. The summed E-state index contributed by atoms with van der Waals surface area (Å²) in [5, 5.41) is 0. The summed E-state index contributed by atoms with van der Waals surface area (Å²) in [4.78, 5) is 2.35. The molecule has 1 heteroatoms. The van der Waals surface area contributed by atoms with Crippen LogP contribution in [-0.4, -0.2) is 25.0 Å². The predicted molar refractivity (Wildman–Crippen MR) is 58.8 cm³/mol. The summed E-state index contributed by atoms with van der Waals surface area (Å²) in [6.07, 6.45) is 8.78. The second-order valence-electron chi connectivity index (χ2n) is 3.60. The van der Waals surface area contributed by atoms with Gasteiger partial charge in [0, 0.05) is 6.54 Å². The van der Waals surface area contributed by atoms with E-state index in [2.05, 4.69) is 37.6 Å². The van der Waals surface area contributed by atoms with Crippen LogP contribution in [0, 0.1) is 0 Å². The number of rotatable bonds is 2. The van der Waals surface area contributed by atoms with E-state index in [1.54, 1.807) is 0 Å². The number of nitrogens with zero attached hydrogens (tertiary/aromatic N) is 1. The Morgan fingerprint density at radius 2 is 2.15 bits per heavy atom. The first-order chi connectivity index (χ1) is 6.27. The second kappa shape index (κ2) is 5.03. The lowest BCUT2D eigenvalue weighted by atomic mass is 10.0. The Hall–Kier alpha value is -0.820. The van der Waals surface area contributed by atoms with E-state index in [0.29, 0.717) is 0 Å². The maximum atomic E-state index is 3.87. The quantitative estimate of drug-likeness (QED) is 0.627. The lowest BCUT2D eigenvalue weighted by Crippen LogP contribution is -2.20. The molecule has 1 aliphatic rings. The highest BCUT2D eigenvalue weighted by Crippen LogP contribution is 2.18. The van der Waals surface area contributed by atoms with Crippen molar-refractivity contribution in [3.63, 3.8) is 0 Å². The Labute approximate surface area is 81.4 Å². The van der Waals surface area contributed by atoms with E-state index >= 15 is 0 Å². The van der Waals surface area contributed by atoms with Crippen LogP contribution in [0.4, 0.5) is 0 Å². The van der Waals surface area contributed by atoms with Crippen LogP contribution >= 0.6 is 0 Å². The highest BCUT2D eigenvalue weighted by molar-refractivity contribution is 5.34. The van der Waals surface area contributed by atoms with Gasteiger partial charge in [-0.1, -0.05) is 24.8 Å². The van der Waals surface area contributed by atoms with Crippen LogP contribution in [-0.2, 0) is 0 Å². The summed E-state index contributed by atoms with van der Waals surface area (Å²) in [6, 6.07) is 0. The topological polar surface area (TPSA) is 3.24 Å². The van der Waals surface area contributed by atoms with Crippen molar-refractivity contribution in [1.29, 1.82) is 0 Å². The van der Waals surface area contributed by atoms with Crippen LogP contribution in [0.3, 0.4) is 0 Å². The van der Waals surface area contributed by atoms with Gasteiger partial charge in [-0.2, -0.15) is 0 Å². The monoisotopic (exact) mass is 177 g/mol. The molecule has 13 heavy (non-hydrogen) atoms. The lowest BCUT2D eigenvalue weighted by Gasteiger charge is -2.13. The molecule has 0 N–H and O–H groups in total. The van der Waals surface area contributed by atoms with Crippen LogP contribution < -0.4 is 0 Å². The SMILES string of the molecule is C=CC1=C(/C=C\C)CCCN(C)C1. The molecule has 0 atom stereocenters. The number of hydrogen-bond acceptors (Lipinski definition) is 1. The second-order valence-corrected chi connectivity index (χ2v) is 3.60. The third-order valence-electron chi connectivity index (χ3n) is 2.45. The Kier molecular flexibility index (Phi) is 3.97. The van der Waals surface area contributed by atoms with Gasteiger partial charge >= 0.3 is 0 Å². The summed E-state index contributed by atoms with van der Waals surface area (Å²) in [6.45, 7) is 8.18. The molecule has 0 unspecified atom stereocenters. The largest absolute Gasteiger partial charge is 0.302 e. The molecule has 72 valence electrons. The van der Waals surface area contributed by atoms with Crippen molar-refractivity contribution < 1.29 is 0 Å². The molecular weight excluding hydrogens is 158 g/mol. The summed E-state index contributed by atoms with van der Waals surface area (Å²) in [5.74, 6) is 0. The van der Waals surface area contributed by atoms with Gasteiger partial charge in [-0.05, 0) is 44.5 Å². The molecule has 0 spiro atoms. The van der Waals surface area contributed by atoms with Crippen LogP contribution in [0.5, 0.6) is 0 Å². The van der Waals surface area contributed by atoms with E-state index in [4.69, 9.17) is 0 Å². The van der Waals surface area contributed by atoms with Crippen LogP contribution in [0.25, 0.3) is 0 Å². The molecule has 0 saturated heterocycles. The highest BCUT2D eigenvalue weighted by atomic mass is 15.1. The minimum Gasteiger partial charge on any atom is -0.302 e. The molecule has 1 rings (SSSR count). The zero-order valence-electron chi connectivity index (χ0n) is 8.71. The summed E-state index contributed by atoms with van der Waals surface area (Å²) >= 11 is 0. The van der Waals surface area contributed by atoms with Crippen molar-refractivity contribution in [3.05, 3.63) is 36.0 Å². The fourth-order valence-electron chi connectivity index (χ4n) is 1.76. The van der Waals surface area contributed by atoms with Crippen molar-refractivity contribution in [2.75, 3.05) is 20.1 Å². The van der Waals surface area contributed by atoms with Gasteiger partial charge in [-0.25, -0.2) is 0 Å². The first-order valence-electron chi connectivity index (χ1n) is 4.93. The Morgan fingerprint density at radius 3 is 2.77 bits per heavy atom. The van der Waals surface area contributed by atoms with Crippen molar-refractivity contribution in [3.8, 4) is 0 Å². The fraction of sp³-hybridized carbons (Fsp3) is 0.500. The van der Waals surface area contributed by atoms with Gasteiger partial charge in [-0.3, -0.25) is 0 Å². The summed E-state index contributed by atoms with van der Waals surface area (Å²) in [5.41, 5.74) is 2.85. The third kappa shape index (κ3) is 2.85. The molecule has 0 aromatic rings. The molecule has 0 radical (unpaired) electrons. The van der Waals surface area contributed by atoms with Crippen molar-refractivity contribution >= 4 is 0 Å². The van der Waals surface area contributed by atoms with Crippen LogP contribution in [0.2, 0.25) is 0 Å². The van der Waals surface area contributed by atoms with Crippen molar-refractivity contribution in [2.24, 2.45) is 0 Å². The molecule has 0 fully saturated rings. The Morgan fingerprint density at radius 1 is 1.38 bits per heavy atom. The molecule has 0 aromatic heterocycles. The van der Waals surface area contributed by atoms with Gasteiger partial charge in [0.25, 0.3) is 0 Å². The molecule has 1 aliphatic heterocycles. The molecule has 0 bridgehead atoms. The summed E-state index contributed by atoms with van der Waals surface area (Å²) in [7, 11) is 2.17. The van der Waals surface area contributed by atoms with E-state index in [9.17, 15) is 0 Å². The minimum absolute atomic E-state index is 1.04. The van der Waals surface area contributed by atoms with Gasteiger partial charge in [0.15, 0.2) is 0 Å². The van der Waals surface area contributed by atoms with E-state index in [1.807, 2.05) is 6.08 Å². The van der Waals surface area contributed by atoms with Gasteiger partial charge in [-0.15, -0.1) is 0 Å². The molecule has 0 saturated carbocycles. The van der Waals surface area contributed by atoms with Gasteiger partial charge in [0.05, 0.1) is 0 Å². The third-order valence-corrected chi connectivity index (χ3v) is 2.45. The molecule has 1 nitrogen and oxygen atoms in total. The van der Waals surface area contributed by atoms with E-state index in [0.717, 1.165) is 6.54 Å². The average molecular weight is 177 g/mol. The molecular formula is C12H19N. The van der Waals surface area contributed by atoms with E-state index in [-0.39, 0.29) is 0 Å². The standard InChI is InChI=1S/C12H19N/c1-4-7-12-8-6-9-13(3)10-11(12)5-2/h4-5,7H,2,6,8-10H2,1,3H3/b7-4-. The molecule has 0 aromatic carbocycles. The summed E-state index contributed by atoms with van der Waals surface area (Å²) < 4.78 is 0. The molecule has 1 heterocycles. The average Bonchev–Trinajstić information content (AvgIpc) is 2.29. The normalized spacial score (nSPS) is 20.8. The molecule has 0 aliphatic carbocycles. The van der Waals surface area contributed by atoms with Crippen molar-refractivity contribution in [1.82, 2.24) is 4.90 Å². The van der Waals surface area contributed by atoms with Crippen LogP contribution in [0.15, 0.2) is 36.0 Å². The zero-order chi connectivity index (χ0) is 9.68. The number of likely N-dealkylation sites (N-methyl/N-ethyl adjacent to an activating group) is 1. The Bertz CT molecular complexity index is 236. The minimum atomic E-state index is 1.04. The first-order valence-corrected chi connectivity index (χ1v) is 4.93. The smallest absolute Gasteiger partial charge is 0.0233 e. The van der Waals surface area contributed by atoms with Crippen LogP contribution in [0.1, 0.15) is 19.8 Å². The number of hydrogen-bond donors (Lipinski definition) is 0. The van der Waals surface area contributed by atoms with Crippen molar-refractivity contribution in [2.45, 2.75) is 19.8 Å². The lowest BCUT2D eigenvalue weighted by molar-refractivity contribution is 0.368. The highest BCUT2D eigenvalue weighted by Gasteiger charge is 2.09. The maximum Gasteiger partial charge on any atom is 0.0233 e. The first kappa shape index (κ1) is 10.3. The Balaban J connectivity index is 2.86. The van der Waals surface area contributed by atoms with Gasteiger partial charge in [0.1, 0.15) is 0 Å². The fourth-order valence-corrected chi connectivity index (χ4v) is 1.76. The maximum absolute atomic E-state index is 3.87. The van der Waals surface area contributed by atoms with E-state index < -0.39 is 0 Å².